The van der Waals surface area contributed by atoms with Gasteiger partial charge in [-0.3, -0.25) is 14.7 Å². The molecule has 1 aromatic carbocycles. The third-order valence-corrected chi connectivity index (χ3v) is 4.31. The minimum atomic E-state index is -0.0748. The molecule has 0 spiro atoms. The number of aliphatic imine (C=N–C) groups is 1. The number of guanidine groups is 1. The lowest BCUT2D eigenvalue weighted by atomic mass is 10.1. The molecule has 0 heterocycles. The molecule has 0 saturated heterocycles. The number of rotatable bonds is 9. The van der Waals surface area contributed by atoms with Crippen LogP contribution in [-0.2, 0) is 6.54 Å². The number of carbonyl (C=O) groups is 1. The zero-order valence-electron chi connectivity index (χ0n) is 17.1. The monoisotopic (exact) mass is 361 g/mol. The summed E-state index contributed by atoms with van der Waals surface area (Å²) in [5.41, 5.74) is 1.71. The summed E-state index contributed by atoms with van der Waals surface area (Å²) in [6.45, 7) is 11.5. The SMILES string of the molecule is CN=C(NCCCN(C(C)C)C(C)C)NCc1cccc(C(=O)NC)c1. The molecule has 1 rings (SSSR count). The summed E-state index contributed by atoms with van der Waals surface area (Å²) < 4.78 is 0. The lowest BCUT2D eigenvalue weighted by molar-refractivity contribution is 0.0963. The van der Waals surface area contributed by atoms with Crippen LogP contribution in [0.15, 0.2) is 29.3 Å². The molecule has 0 bridgehead atoms. The highest BCUT2D eigenvalue weighted by Crippen LogP contribution is 2.06. The second kappa shape index (κ2) is 11.5. The first-order chi connectivity index (χ1) is 12.4. The summed E-state index contributed by atoms with van der Waals surface area (Å²) in [5.74, 6) is 0.699. The molecular weight excluding hydrogens is 326 g/mol. The quantitative estimate of drug-likeness (QED) is 0.358. The van der Waals surface area contributed by atoms with E-state index < -0.39 is 0 Å². The first-order valence-electron chi connectivity index (χ1n) is 9.40. The van der Waals surface area contributed by atoms with Crippen LogP contribution < -0.4 is 16.0 Å². The smallest absolute Gasteiger partial charge is 0.251 e. The second-order valence-corrected chi connectivity index (χ2v) is 6.91. The third kappa shape index (κ3) is 7.44. The van der Waals surface area contributed by atoms with Crippen LogP contribution in [0.4, 0.5) is 0 Å². The number of nitrogens with zero attached hydrogens (tertiary/aromatic N) is 2. The van der Waals surface area contributed by atoms with Crippen molar-refractivity contribution in [2.24, 2.45) is 4.99 Å². The molecule has 0 unspecified atom stereocenters. The second-order valence-electron chi connectivity index (χ2n) is 6.91. The van der Waals surface area contributed by atoms with Crippen molar-refractivity contribution in [3.05, 3.63) is 35.4 Å². The molecule has 146 valence electrons. The van der Waals surface area contributed by atoms with Crippen LogP contribution >= 0.6 is 0 Å². The van der Waals surface area contributed by atoms with Crippen LogP contribution in [-0.4, -0.2) is 56.0 Å². The summed E-state index contributed by atoms with van der Waals surface area (Å²) in [5, 5.41) is 9.30. The van der Waals surface area contributed by atoms with E-state index in [4.69, 9.17) is 0 Å². The fourth-order valence-corrected chi connectivity index (χ4v) is 2.95. The van der Waals surface area contributed by atoms with Crippen LogP contribution in [0.5, 0.6) is 0 Å². The van der Waals surface area contributed by atoms with Gasteiger partial charge in [0, 0.05) is 51.4 Å². The Morgan fingerprint density at radius 1 is 1.15 bits per heavy atom. The Hall–Kier alpha value is -2.08. The zero-order valence-corrected chi connectivity index (χ0v) is 17.1. The number of benzene rings is 1. The maximum absolute atomic E-state index is 11.7. The van der Waals surface area contributed by atoms with Gasteiger partial charge in [0.25, 0.3) is 5.91 Å². The maximum Gasteiger partial charge on any atom is 0.251 e. The standard InChI is InChI=1S/C20H35N5O/c1-15(2)25(16(3)4)12-8-11-23-20(22-6)24-14-17-9-7-10-18(13-17)19(26)21-5/h7,9-10,13,15-16H,8,11-12,14H2,1-6H3,(H,21,26)(H2,22,23,24). The van der Waals surface area contributed by atoms with Crippen LogP contribution in [0, 0.1) is 0 Å². The highest BCUT2D eigenvalue weighted by Gasteiger charge is 2.12. The Balaban J connectivity index is 2.43. The molecule has 26 heavy (non-hydrogen) atoms. The highest BCUT2D eigenvalue weighted by molar-refractivity contribution is 5.94. The van der Waals surface area contributed by atoms with Crippen LogP contribution in [0.1, 0.15) is 50.0 Å². The van der Waals surface area contributed by atoms with E-state index in [-0.39, 0.29) is 5.91 Å². The molecule has 0 atom stereocenters. The lowest BCUT2D eigenvalue weighted by Crippen LogP contribution is -2.41. The van der Waals surface area contributed by atoms with Gasteiger partial charge in [-0.05, 0) is 51.8 Å². The van der Waals surface area contributed by atoms with Crippen molar-refractivity contribution in [3.8, 4) is 0 Å². The summed E-state index contributed by atoms with van der Waals surface area (Å²) in [4.78, 5) is 18.5. The summed E-state index contributed by atoms with van der Waals surface area (Å²) in [7, 11) is 3.41. The van der Waals surface area contributed by atoms with E-state index in [1.807, 2.05) is 24.3 Å². The molecule has 3 N–H and O–H groups in total. The van der Waals surface area contributed by atoms with E-state index in [0.29, 0.717) is 24.2 Å². The van der Waals surface area contributed by atoms with E-state index in [0.717, 1.165) is 31.0 Å². The van der Waals surface area contributed by atoms with Crippen LogP contribution in [0.25, 0.3) is 0 Å². The molecule has 0 radical (unpaired) electrons. The van der Waals surface area contributed by atoms with E-state index in [2.05, 4.69) is 53.5 Å². The van der Waals surface area contributed by atoms with Gasteiger partial charge in [0.15, 0.2) is 5.96 Å². The molecular formula is C20H35N5O. The Bertz CT molecular complexity index is 575. The van der Waals surface area contributed by atoms with E-state index in [9.17, 15) is 4.79 Å². The summed E-state index contributed by atoms with van der Waals surface area (Å²) >= 11 is 0. The van der Waals surface area contributed by atoms with Gasteiger partial charge in [0.05, 0.1) is 0 Å². The topological polar surface area (TPSA) is 68.8 Å². The number of hydrogen-bond acceptors (Lipinski definition) is 3. The first kappa shape index (κ1) is 22.0. The molecule has 0 saturated carbocycles. The predicted octanol–water partition coefficient (Wildman–Crippen LogP) is 2.22. The first-order valence-corrected chi connectivity index (χ1v) is 9.40. The van der Waals surface area contributed by atoms with Crippen molar-refractivity contribution < 1.29 is 4.79 Å². The number of carbonyl (C=O) groups excluding carboxylic acids is 1. The molecule has 0 aromatic heterocycles. The van der Waals surface area contributed by atoms with Crippen molar-refractivity contribution in [2.45, 2.75) is 52.7 Å². The number of amides is 1. The average molecular weight is 362 g/mol. The number of nitrogens with one attached hydrogen (secondary N) is 3. The van der Waals surface area contributed by atoms with Crippen molar-refractivity contribution in [1.82, 2.24) is 20.9 Å². The van der Waals surface area contributed by atoms with Crippen molar-refractivity contribution >= 4 is 11.9 Å². The van der Waals surface area contributed by atoms with Crippen molar-refractivity contribution in [1.29, 1.82) is 0 Å². The van der Waals surface area contributed by atoms with Gasteiger partial charge in [-0.1, -0.05) is 12.1 Å². The van der Waals surface area contributed by atoms with Crippen molar-refractivity contribution in [2.75, 3.05) is 27.2 Å². The summed E-state index contributed by atoms with van der Waals surface area (Å²) in [6, 6.07) is 8.70. The minimum absolute atomic E-state index is 0.0748. The van der Waals surface area contributed by atoms with E-state index in [1.54, 1.807) is 14.1 Å². The predicted molar refractivity (Wildman–Crippen MR) is 110 cm³/mol. The average Bonchev–Trinajstić information content (AvgIpc) is 2.62. The molecule has 6 nitrogen and oxygen atoms in total. The molecule has 1 amide bonds. The summed E-state index contributed by atoms with van der Waals surface area (Å²) in [6.07, 6.45) is 1.06. The molecule has 6 heteroatoms. The maximum atomic E-state index is 11.7. The van der Waals surface area contributed by atoms with Gasteiger partial charge in [-0.2, -0.15) is 0 Å². The molecule has 0 aliphatic rings. The van der Waals surface area contributed by atoms with Gasteiger partial charge in [-0.15, -0.1) is 0 Å². The van der Waals surface area contributed by atoms with Crippen molar-refractivity contribution in [3.63, 3.8) is 0 Å². The molecule has 0 fully saturated rings. The highest BCUT2D eigenvalue weighted by atomic mass is 16.1. The Kier molecular flexibility index (Phi) is 9.73. The van der Waals surface area contributed by atoms with Crippen LogP contribution in [0.3, 0.4) is 0 Å². The lowest BCUT2D eigenvalue weighted by Gasteiger charge is -2.30. The minimum Gasteiger partial charge on any atom is -0.356 e. The zero-order chi connectivity index (χ0) is 19.5. The largest absolute Gasteiger partial charge is 0.356 e. The van der Waals surface area contributed by atoms with Gasteiger partial charge in [0.1, 0.15) is 0 Å². The van der Waals surface area contributed by atoms with Gasteiger partial charge < -0.3 is 16.0 Å². The van der Waals surface area contributed by atoms with Gasteiger partial charge >= 0.3 is 0 Å². The van der Waals surface area contributed by atoms with E-state index in [1.165, 1.54) is 0 Å². The van der Waals surface area contributed by atoms with E-state index >= 15 is 0 Å². The van der Waals surface area contributed by atoms with Crippen LogP contribution in [0.2, 0.25) is 0 Å². The fourth-order valence-electron chi connectivity index (χ4n) is 2.95. The molecule has 0 aliphatic heterocycles. The van der Waals surface area contributed by atoms with Gasteiger partial charge in [0.2, 0.25) is 0 Å². The third-order valence-electron chi connectivity index (χ3n) is 4.31. The Labute approximate surface area is 158 Å². The Morgan fingerprint density at radius 3 is 2.42 bits per heavy atom. The van der Waals surface area contributed by atoms with Gasteiger partial charge in [-0.25, -0.2) is 0 Å². The normalized spacial score (nSPS) is 12.0. The number of hydrogen-bond donors (Lipinski definition) is 3. The fraction of sp³-hybridized carbons (Fsp3) is 0.600. The Morgan fingerprint density at radius 2 is 1.85 bits per heavy atom. The molecule has 0 aliphatic carbocycles. The molecule has 1 aromatic rings.